The highest BCUT2D eigenvalue weighted by atomic mass is 16.2. The minimum absolute atomic E-state index is 0.0969. The Bertz CT molecular complexity index is 1050. The molecular weight excluding hydrogens is 386 g/mol. The normalized spacial score (nSPS) is 17.6. The molecule has 6 heteroatoms. The molecule has 1 saturated heterocycles. The fourth-order valence-electron chi connectivity index (χ4n) is 4.33. The van der Waals surface area contributed by atoms with Crippen molar-refractivity contribution >= 4 is 5.91 Å². The number of rotatable bonds is 6. The number of carbonyl (C=O) groups is 1. The molecule has 1 aliphatic carbocycles. The lowest BCUT2D eigenvalue weighted by molar-refractivity contribution is 0.0946. The predicted octanol–water partition coefficient (Wildman–Crippen LogP) is 3.98. The van der Waals surface area contributed by atoms with Crippen LogP contribution in [0, 0.1) is 6.92 Å². The van der Waals surface area contributed by atoms with Crippen LogP contribution in [0.1, 0.15) is 53.3 Å². The highest BCUT2D eigenvalue weighted by molar-refractivity contribution is 5.92. The summed E-state index contributed by atoms with van der Waals surface area (Å²) in [6.45, 7) is 5.17. The molecule has 0 unspecified atom stereocenters. The van der Waals surface area contributed by atoms with Gasteiger partial charge in [0.25, 0.3) is 5.91 Å². The van der Waals surface area contributed by atoms with Crippen LogP contribution in [0.25, 0.3) is 11.1 Å². The molecule has 0 bridgehead atoms. The Morgan fingerprint density at radius 1 is 1.03 bits per heavy atom. The number of likely N-dealkylation sites (tertiary alicyclic amines) is 1. The summed E-state index contributed by atoms with van der Waals surface area (Å²) < 4.78 is 1.89. The molecule has 1 amide bonds. The molecule has 160 valence electrons. The van der Waals surface area contributed by atoms with Crippen LogP contribution < -0.4 is 5.32 Å². The summed E-state index contributed by atoms with van der Waals surface area (Å²) in [4.78, 5) is 14.6. The van der Waals surface area contributed by atoms with Gasteiger partial charge in [0, 0.05) is 25.7 Å². The Morgan fingerprint density at radius 2 is 1.77 bits per heavy atom. The average molecular weight is 416 g/mol. The van der Waals surface area contributed by atoms with Gasteiger partial charge in [-0.2, -0.15) is 0 Å². The minimum atomic E-state index is -0.0969. The van der Waals surface area contributed by atoms with Gasteiger partial charge in [0.1, 0.15) is 0 Å². The monoisotopic (exact) mass is 415 g/mol. The lowest BCUT2D eigenvalue weighted by Gasteiger charge is -2.31. The lowest BCUT2D eigenvalue weighted by Crippen LogP contribution is -2.34. The van der Waals surface area contributed by atoms with E-state index in [9.17, 15) is 4.79 Å². The molecule has 1 N–H and O–H groups in total. The van der Waals surface area contributed by atoms with Crippen LogP contribution in [0.5, 0.6) is 0 Å². The number of benzene rings is 2. The highest BCUT2D eigenvalue weighted by Crippen LogP contribution is 2.26. The van der Waals surface area contributed by atoms with Crippen molar-refractivity contribution in [3.8, 4) is 11.1 Å². The zero-order valence-corrected chi connectivity index (χ0v) is 18.0. The standard InChI is InChI=1S/C25H29N5O/c1-18-4-2-3-5-23(18)20-8-6-19(7-9-20)16-29-14-12-22(13-15-29)30-17-24(27-28-30)25(31)26-21-10-11-21/h2-9,17,21-22H,10-16H2,1H3,(H,26,31). The molecular formula is C25H29N5O. The van der Waals surface area contributed by atoms with Gasteiger partial charge in [-0.25, -0.2) is 4.68 Å². The van der Waals surface area contributed by atoms with Crippen LogP contribution in [-0.4, -0.2) is 44.9 Å². The first kappa shape index (κ1) is 19.9. The maximum Gasteiger partial charge on any atom is 0.273 e. The number of piperidine rings is 1. The number of nitrogens with zero attached hydrogens (tertiary/aromatic N) is 4. The third-order valence-electron chi connectivity index (χ3n) is 6.40. The first-order valence-electron chi connectivity index (χ1n) is 11.3. The third-order valence-corrected chi connectivity index (χ3v) is 6.40. The molecule has 2 fully saturated rings. The van der Waals surface area contributed by atoms with Crippen LogP contribution >= 0.6 is 0 Å². The molecule has 31 heavy (non-hydrogen) atoms. The fourth-order valence-corrected chi connectivity index (χ4v) is 4.33. The summed E-state index contributed by atoms with van der Waals surface area (Å²) in [5, 5.41) is 11.3. The molecule has 0 spiro atoms. The second-order valence-corrected chi connectivity index (χ2v) is 8.85. The van der Waals surface area contributed by atoms with Crippen molar-refractivity contribution in [2.45, 2.75) is 51.2 Å². The van der Waals surface area contributed by atoms with E-state index in [1.165, 1.54) is 22.3 Å². The summed E-state index contributed by atoms with van der Waals surface area (Å²) in [5.74, 6) is -0.0969. The Morgan fingerprint density at radius 3 is 2.48 bits per heavy atom. The van der Waals surface area contributed by atoms with Gasteiger partial charge >= 0.3 is 0 Å². The number of carbonyl (C=O) groups excluding carboxylic acids is 1. The Kier molecular flexibility index (Phi) is 5.55. The minimum Gasteiger partial charge on any atom is -0.348 e. The lowest BCUT2D eigenvalue weighted by atomic mass is 9.99. The summed E-state index contributed by atoms with van der Waals surface area (Å²) in [7, 11) is 0. The Labute approximate surface area is 183 Å². The van der Waals surface area contributed by atoms with Gasteiger partial charge in [0.2, 0.25) is 0 Å². The van der Waals surface area contributed by atoms with Crippen molar-refractivity contribution in [2.24, 2.45) is 0 Å². The van der Waals surface area contributed by atoms with Crippen LogP contribution in [-0.2, 0) is 6.54 Å². The zero-order valence-electron chi connectivity index (χ0n) is 18.0. The van der Waals surface area contributed by atoms with Gasteiger partial charge in [-0.3, -0.25) is 9.69 Å². The largest absolute Gasteiger partial charge is 0.348 e. The van der Waals surface area contributed by atoms with Gasteiger partial charge in [0.15, 0.2) is 5.69 Å². The SMILES string of the molecule is Cc1ccccc1-c1ccc(CN2CCC(n3cc(C(=O)NC4CC4)nn3)CC2)cc1. The van der Waals surface area contributed by atoms with Crippen LogP contribution in [0.2, 0.25) is 0 Å². The van der Waals surface area contributed by atoms with Gasteiger partial charge in [-0.1, -0.05) is 53.7 Å². The van der Waals surface area contributed by atoms with Crippen molar-refractivity contribution in [3.05, 3.63) is 71.5 Å². The van der Waals surface area contributed by atoms with Gasteiger partial charge < -0.3 is 5.32 Å². The van der Waals surface area contributed by atoms with Crippen molar-refractivity contribution in [1.29, 1.82) is 0 Å². The molecule has 1 aromatic heterocycles. The number of hydrogen-bond donors (Lipinski definition) is 1. The first-order valence-corrected chi connectivity index (χ1v) is 11.3. The Hall–Kier alpha value is -2.99. The van der Waals surface area contributed by atoms with E-state index in [1.54, 1.807) is 0 Å². The molecule has 2 aliphatic rings. The Balaban J connectivity index is 1.15. The van der Waals surface area contributed by atoms with E-state index in [0.717, 1.165) is 45.3 Å². The number of aromatic nitrogens is 3. The highest BCUT2D eigenvalue weighted by Gasteiger charge is 2.26. The number of amides is 1. The smallest absolute Gasteiger partial charge is 0.273 e. The second kappa shape index (κ2) is 8.63. The van der Waals surface area contributed by atoms with Crippen molar-refractivity contribution in [2.75, 3.05) is 13.1 Å². The van der Waals surface area contributed by atoms with Crippen molar-refractivity contribution < 1.29 is 4.79 Å². The first-order chi connectivity index (χ1) is 15.2. The quantitative estimate of drug-likeness (QED) is 0.661. The average Bonchev–Trinajstić information content (AvgIpc) is 3.46. The van der Waals surface area contributed by atoms with Crippen LogP contribution in [0.3, 0.4) is 0 Å². The maximum absolute atomic E-state index is 12.1. The number of hydrogen-bond acceptors (Lipinski definition) is 4. The van der Waals surface area contributed by atoms with Crippen molar-refractivity contribution in [1.82, 2.24) is 25.2 Å². The molecule has 0 radical (unpaired) electrons. The molecule has 5 rings (SSSR count). The van der Waals surface area contributed by atoms with Crippen LogP contribution in [0.15, 0.2) is 54.7 Å². The van der Waals surface area contributed by atoms with Gasteiger partial charge in [-0.15, -0.1) is 5.10 Å². The van der Waals surface area contributed by atoms with E-state index < -0.39 is 0 Å². The molecule has 2 aromatic carbocycles. The van der Waals surface area contributed by atoms with Gasteiger partial charge in [-0.05, 0) is 54.9 Å². The van der Waals surface area contributed by atoms with E-state index >= 15 is 0 Å². The summed E-state index contributed by atoms with van der Waals surface area (Å²) in [6, 6.07) is 18.1. The number of aryl methyl sites for hydroxylation is 1. The number of nitrogens with one attached hydrogen (secondary N) is 1. The predicted molar refractivity (Wildman–Crippen MR) is 121 cm³/mol. The summed E-state index contributed by atoms with van der Waals surface area (Å²) in [5.41, 5.74) is 5.65. The van der Waals surface area contributed by atoms with Crippen molar-refractivity contribution in [3.63, 3.8) is 0 Å². The molecule has 2 heterocycles. The molecule has 1 saturated carbocycles. The second-order valence-electron chi connectivity index (χ2n) is 8.85. The fraction of sp³-hybridized carbons (Fsp3) is 0.400. The van der Waals surface area contributed by atoms with E-state index in [1.807, 2.05) is 10.9 Å². The van der Waals surface area contributed by atoms with E-state index in [0.29, 0.717) is 17.8 Å². The molecule has 3 aromatic rings. The molecule has 1 aliphatic heterocycles. The van der Waals surface area contributed by atoms with E-state index in [-0.39, 0.29) is 5.91 Å². The van der Waals surface area contributed by atoms with Crippen LogP contribution in [0.4, 0.5) is 0 Å². The maximum atomic E-state index is 12.1. The molecule has 0 atom stereocenters. The molecule has 6 nitrogen and oxygen atoms in total. The zero-order chi connectivity index (χ0) is 21.2. The topological polar surface area (TPSA) is 63.1 Å². The summed E-state index contributed by atoms with van der Waals surface area (Å²) in [6.07, 6.45) is 6.00. The van der Waals surface area contributed by atoms with E-state index in [2.05, 4.69) is 76.0 Å². The third kappa shape index (κ3) is 4.69. The summed E-state index contributed by atoms with van der Waals surface area (Å²) >= 11 is 0. The van der Waals surface area contributed by atoms with Gasteiger partial charge in [0.05, 0.1) is 12.2 Å². The van der Waals surface area contributed by atoms with E-state index in [4.69, 9.17) is 0 Å².